The van der Waals surface area contributed by atoms with Crippen molar-refractivity contribution in [1.82, 2.24) is 5.32 Å². The number of nitrogens with one attached hydrogen (secondary N) is 1. The lowest BCUT2D eigenvalue weighted by molar-refractivity contribution is -0.126. The summed E-state index contributed by atoms with van der Waals surface area (Å²) in [6, 6.07) is 17.7. The molecule has 0 unspecified atom stereocenters. The molecule has 1 aliphatic carbocycles. The topological polar surface area (TPSA) is 49.3 Å². The molecule has 3 aromatic rings. The molecule has 2 aromatic heterocycles. The first-order valence-corrected chi connectivity index (χ1v) is 11.0. The molecular weight excluding hydrogens is 374 g/mol. The second-order valence-electron chi connectivity index (χ2n) is 7.07. The van der Waals surface area contributed by atoms with Gasteiger partial charge >= 0.3 is 0 Å². The SMILES string of the molecule is O=C(NCc1ccc([C@@H](O)c2ccccc2)s1)C1(c2cccs2)CCCC1. The fourth-order valence-corrected chi connectivity index (χ4v) is 5.84. The Labute approximate surface area is 167 Å². The minimum absolute atomic E-state index is 0.140. The molecule has 0 saturated heterocycles. The third kappa shape index (κ3) is 3.72. The zero-order valence-corrected chi connectivity index (χ0v) is 16.7. The third-order valence-electron chi connectivity index (χ3n) is 5.38. The van der Waals surface area contributed by atoms with Crippen molar-refractivity contribution in [3.63, 3.8) is 0 Å². The molecule has 2 N–H and O–H groups in total. The molecule has 0 radical (unpaired) electrons. The van der Waals surface area contributed by atoms with Gasteiger partial charge in [-0.2, -0.15) is 0 Å². The second-order valence-corrected chi connectivity index (χ2v) is 9.21. The quantitative estimate of drug-likeness (QED) is 0.614. The van der Waals surface area contributed by atoms with Crippen molar-refractivity contribution in [1.29, 1.82) is 0 Å². The van der Waals surface area contributed by atoms with Crippen LogP contribution in [0.5, 0.6) is 0 Å². The number of carbonyl (C=O) groups is 1. The van der Waals surface area contributed by atoms with E-state index >= 15 is 0 Å². The molecule has 1 amide bonds. The van der Waals surface area contributed by atoms with Crippen LogP contribution in [0.25, 0.3) is 0 Å². The maximum atomic E-state index is 13.1. The molecule has 27 heavy (non-hydrogen) atoms. The fourth-order valence-electron chi connectivity index (χ4n) is 3.89. The first-order valence-electron chi connectivity index (χ1n) is 9.33. The van der Waals surface area contributed by atoms with Gasteiger partial charge in [0.05, 0.1) is 12.0 Å². The zero-order valence-electron chi connectivity index (χ0n) is 15.1. The van der Waals surface area contributed by atoms with E-state index < -0.39 is 6.10 Å². The summed E-state index contributed by atoms with van der Waals surface area (Å²) in [4.78, 5) is 16.2. The molecule has 4 rings (SSSR count). The minimum atomic E-state index is -0.618. The molecule has 1 saturated carbocycles. The zero-order chi connectivity index (χ0) is 18.7. The van der Waals surface area contributed by atoms with Crippen molar-refractivity contribution >= 4 is 28.6 Å². The van der Waals surface area contributed by atoms with Crippen LogP contribution in [0.3, 0.4) is 0 Å². The van der Waals surface area contributed by atoms with Crippen LogP contribution in [0.4, 0.5) is 0 Å². The highest BCUT2D eigenvalue weighted by Crippen LogP contribution is 2.43. The fraction of sp³-hybridized carbons (Fsp3) is 0.318. The van der Waals surface area contributed by atoms with E-state index in [-0.39, 0.29) is 11.3 Å². The van der Waals surface area contributed by atoms with Crippen LogP contribution in [0.1, 0.15) is 52.0 Å². The van der Waals surface area contributed by atoms with Gasteiger partial charge in [0.25, 0.3) is 0 Å². The standard InChI is InChI=1S/C22H23NO2S2/c24-20(16-7-2-1-3-8-16)18-11-10-17(27-18)15-23-21(25)22(12-4-5-13-22)19-9-6-14-26-19/h1-3,6-11,14,20,24H,4-5,12-13,15H2,(H,23,25)/t20-/m0/s1. The predicted octanol–water partition coefficient (Wildman–Crippen LogP) is 5.02. The number of rotatable bonds is 6. The molecule has 5 heteroatoms. The van der Waals surface area contributed by atoms with Crippen molar-refractivity contribution in [3.8, 4) is 0 Å². The molecule has 1 aliphatic rings. The van der Waals surface area contributed by atoms with E-state index in [0.717, 1.165) is 41.0 Å². The average Bonchev–Trinajstić information content (AvgIpc) is 3.47. The largest absolute Gasteiger partial charge is 0.383 e. The predicted molar refractivity (Wildman–Crippen MR) is 111 cm³/mol. The molecule has 140 valence electrons. The van der Waals surface area contributed by atoms with Crippen LogP contribution in [0.2, 0.25) is 0 Å². The molecule has 2 heterocycles. The van der Waals surface area contributed by atoms with Gasteiger partial charge in [-0.25, -0.2) is 0 Å². The van der Waals surface area contributed by atoms with Gasteiger partial charge in [0.15, 0.2) is 0 Å². The average molecular weight is 398 g/mol. The van der Waals surface area contributed by atoms with Gasteiger partial charge < -0.3 is 10.4 Å². The maximum Gasteiger partial charge on any atom is 0.231 e. The Balaban J connectivity index is 1.43. The van der Waals surface area contributed by atoms with Gasteiger partial charge in [-0.1, -0.05) is 49.2 Å². The van der Waals surface area contributed by atoms with Crippen molar-refractivity contribution < 1.29 is 9.90 Å². The second kappa shape index (κ2) is 7.97. The Morgan fingerprint density at radius 2 is 1.85 bits per heavy atom. The first kappa shape index (κ1) is 18.4. The highest BCUT2D eigenvalue weighted by Gasteiger charge is 2.43. The number of amides is 1. The van der Waals surface area contributed by atoms with E-state index in [2.05, 4.69) is 16.8 Å². The Morgan fingerprint density at radius 3 is 2.56 bits per heavy atom. The number of aliphatic hydroxyl groups is 1. The lowest BCUT2D eigenvalue weighted by Crippen LogP contribution is -2.41. The van der Waals surface area contributed by atoms with Crippen molar-refractivity contribution in [2.45, 2.75) is 43.7 Å². The van der Waals surface area contributed by atoms with Gasteiger partial charge in [0, 0.05) is 14.6 Å². The van der Waals surface area contributed by atoms with Crippen molar-refractivity contribution in [2.75, 3.05) is 0 Å². The normalized spacial score (nSPS) is 16.9. The van der Waals surface area contributed by atoms with E-state index in [4.69, 9.17) is 0 Å². The van der Waals surface area contributed by atoms with E-state index in [0.29, 0.717) is 6.54 Å². The van der Waals surface area contributed by atoms with Crippen LogP contribution in [-0.2, 0) is 16.8 Å². The minimum Gasteiger partial charge on any atom is -0.383 e. The van der Waals surface area contributed by atoms with Crippen LogP contribution < -0.4 is 5.32 Å². The molecule has 1 fully saturated rings. The van der Waals surface area contributed by atoms with Gasteiger partial charge in [0.2, 0.25) is 5.91 Å². The number of benzene rings is 1. The summed E-state index contributed by atoms with van der Waals surface area (Å²) in [6.07, 6.45) is 3.46. The summed E-state index contributed by atoms with van der Waals surface area (Å²) in [6.45, 7) is 0.512. The van der Waals surface area contributed by atoms with Crippen LogP contribution in [-0.4, -0.2) is 11.0 Å². The van der Waals surface area contributed by atoms with E-state index in [1.165, 1.54) is 4.88 Å². The smallest absolute Gasteiger partial charge is 0.231 e. The molecule has 3 nitrogen and oxygen atoms in total. The summed E-state index contributed by atoms with van der Waals surface area (Å²) < 4.78 is 0. The maximum absolute atomic E-state index is 13.1. The Kier molecular flexibility index (Phi) is 5.43. The lowest BCUT2D eigenvalue weighted by atomic mass is 9.83. The molecule has 1 atom stereocenters. The molecule has 0 spiro atoms. The highest BCUT2D eigenvalue weighted by molar-refractivity contribution is 7.12. The van der Waals surface area contributed by atoms with Crippen molar-refractivity contribution in [2.24, 2.45) is 0 Å². The lowest BCUT2D eigenvalue weighted by Gasteiger charge is -2.26. The number of hydrogen-bond acceptors (Lipinski definition) is 4. The van der Waals surface area contributed by atoms with E-state index in [9.17, 15) is 9.90 Å². The highest BCUT2D eigenvalue weighted by atomic mass is 32.1. The number of hydrogen-bond donors (Lipinski definition) is 2. The number of aliphatic hydroxyl groups excluding tert-OH is 1. The Bertz CT molecular complexity index is 880. The van der Waals surface area contributed by atoms with Gasteiger partial charge in [-0.05, 0) is 42.0 Å². The summed E-state index contributed by atoms with van der Waals surface area (Å²) in [7, 11) is 0. The van der Waals surface area contributed by atoms with Gasteiger partial charge in [-0.15, -0.1) is 22.7 Å². The van der Waals surface area contributed by atoms with Gasteiger partial charge in [-0.3, -0.25) is 4.79 Å². The summed E-state index contributed by atoms with van der Waals surface area (Å²) in [5.41, 5.74) is 0.537. The van der Waals surface area contributed by atoms with Gasteiger partial charge in [0.1, 0.15) is 6.10 Å². The monoisotopic (exact) mass is 397 g/mol. The Hall–Kier alpha value is -1.95. The first-order chi connectivity index (χ1) is 13.2. The summed E-state index contributed by atoms with van der Waals surface area (Å²) in [5, 5.41) is 15.8. The Morgan fingerprint density at radius 1 is 1.07 bits per heavy atom. The van der Waals surface area contributed by atoms with Crippen molar-refractivity contribution in [3.05, 3.63) is 80.2 Å². The van der Waals surface area contributed by atoms with Crippen LogP contribution >= 0.6 is 22.7 Å². The van der Waals surface area contributed by atoms with Crippen LogP contribution in [0, 0.1) is 0 Å². The summed E-state index contributed by atoms with van der Waals surface area (Å²) in [5.74, 6) is 0.140. The number of carbonyl (C=O) groups excluding carboxylic acids is 1. The number of thiophene rings is 2. The van der Waals surface area contributed by atoms with E-state index in [1.807, 2.05) is 48.5 Å². The third-order valence-corrected chi connectivity index (χ3v) is 7.59. The van der Waals surface area contributed by atoms with Crippen LogP contribution in [0.15, 0.2) is 60.0 Å². The summed E-state index contributed by atoms with van der Waals surface area (Å²) >= 11 is 3.24. The van der Waals surface area contributed by atoms with E-state index in [1.54, 1.807) is 22.7 Å². The molecular formula is C22H23NO2S2. The molecule has 0 aliphatic heterocycles. The molecule has 1 aromatic carbocycles. The molecule has 0 bridgehead atoms.